The SMILES string of the molecule is Cc1cc(C=CC(=O)O)ccc1N(CC(N)=O)CC(C)C. The number of hydrogen-bond donors (Lipinski definition) is 2. The van der Waals surface area contributed by atoms with Crippen LogP contribution in [0.3, 0.4) is 0 Å². The Hall–Kier alpha value is -2.30. The van der Waals surface area contributed by atoms with Crippen molar-refractivity contribution in [2.45, 2.75) is 20.8 Å². The van der Waals surface area contributed by atoms with Crippen LogP contribution in [0.1, 0.15) is 25.0 Å². The number of aryl methyl sites for hydroxylation is 1. The Bertz CT molecular complexity index is 550. The summed E-state index contributed by atoms with van der Waals surface area (Å²) in [4.78, 5) is 23.7. The highest BCUT2D eigenvalue weighted by molar-refractivity contribution is 5.85. The molecule has 5 heteroatoms. The van der Waals surface area contributed by atoms with Gasteiger partial charge in [0.15, 0.2) is 0 Å². The van der Waals surface area contributed by atoms with Gasteiger partial charge in [0.25, 0.3) is 0 Å². The fourth-order valence-corrected chi connectivity index (χ4v) is 2.18. The van der Waals surface area contributed by atoms with Crippen molar-refractivity contribution in [3.05, 3.63) is 35.4 Å². The van der Waals surface area contributed by atoms with E-state index in [2.05, 4.69) is 13.8 Å². The van der Waals surface area contributed by atoms with Crippen LogP contribution in [0.2, 0.25) is 0 Å². The molecule has 0 unspecified atom stereocenters. The van der Waals surface area contributed by atoms with E-state index in [1.54, 1.807) is 6.08 Å². The fourth-order valence-electron chi connectivity index (χ4n) is 2.18. The number of carbonyl (C=O) groups is 2. The Labute approximate surface area is 125 Å². The Morgan fingerprint density at radius 2 is 2.05 bits per heavy atom. The Balaban J connectivity index is 3.03. The molecule has 1 amide bonds. The molecule has 1 aromatic rings. The Morgan fingerprint density at radius 3 is 2.52 bits per heavy atom. The number of aliphatic carboxylic acids is 1. The molecule has 0 saturated carbocycles. The molecular formula is C16H22N2O3. The third-order valence-electron chi connectivity index (χ3n) is 2.91. The van der Waals surface area contributed by atoms with Gasteiger partial charge in [-0.25, -0.2) is 4.79 Å². The third-order valence-corrected chi connectivity index (χ3v) is 2.91. The molecule has 0 aliphatic carbocycles. The van der Waals surface area contributed by atoms with Crippen LogP contribution in [0.5, 0.6) is 0 Å². The number of hydrogen-bond acceptors (Lipinski definition) is 3. The molecule has 0 bridgehead atoms. The lowest BCUT2D eigenvalue weighted by Crippen LogP contribution is -2.36. The van der Waals surface area contributed by atoms with Crippen LogP contribution in [0.4, 0.5) is 5.69 Å². The Morgan fingerprint density at radius 1 is 1.38 bits per heavy atom. The molecule has 1 aromatic carbocycles. The lowest BCUT2D eigenvalue weighted by Gasteiger charge is -2.27. The smallest absolute Gasteiger partial charge is 0.328 e. The largest absolute Gasteiger partial charge is 0.478 e. The summed E-state index contributed by atoms with van der Waals surface area (Å²) in [5, 5.41) is 8.64. The van der Waals surface area contributed by atoms with Gasteiger partial charge < -0.3 is 15.7 Å². The van der Waals surface area contributed by atoms with Gasteiger partial charge in [0, 0.05) is 18.3 Å². The van der Waals surface area contributed by atoms with Gasteiger partial charge in [-0.15, -0.1) is 0 Å². The zero-order chi connectivity index (χ0) is 16.0. The highest BCUT2D eigenvalue weighted by Gasteiger charge is 2.13. The average molecular weight is 290 g/mol. The third kappa shape index (κ3) is 5.69. The molecule has 0 spiro atoms. The van der Waals surface area contributed by atoms with E-state index >= 15 is 0 Å². The number of carbonyl (C=O) groups excluding carboxylic acids is 1. The minimum absolute atomic E-state index is 0.170. The second-order valence-corrected chi connectivity index (χ2v) is 5.46. The lowest BCUT2D eigenvalue weighted by molar-refractivity contribution is -0.131. The molecule has 0 aliphatic heterocycles. The van der Waals surface area contributed by atoms with Crippen LogP contribution >= 0.6 is 0 Å². The summed E-state index contributed by atoms with van der Waals surface area (Å²) >= 11 is 0. The van der Waals surface area contributed by atoms with Crippen LogP contribution in [0.15, 0.2) is 24.3 Å². The lowest BCUT2D eigenvalue weighted by atomic mass is 10.1. The minimum atomic E-state index is -0.980. The predicted octanol–water partition coefficient (Wildman–Crippen LogP) is 2.04. The number of carboxylic acids is 1. The Kier molecular flexibility index (Phi) is 5.96. The first-order valence-corrected chi connectivity index (χ1v) is 6.84. The molecule has 21 heavy (non-hydrogen) atoms. The number of anilines is 1. The van der Waals surface area contributed by atoms with Crippen LogP contribution in [-0.2, 0) is 9.59 Å². The molecule has 0 heterocycles. The zero-order valence-electron chi connectivity index (χ0n) is 12.7. The number of amides is 1. The van der Waals surface area contributed by atoms with Crippen molar-refractivity contribution in [3.8, 4) is 0 Å². The maximum absolute atomic E-state index is 11.2. The molecule has 3 N–H and O–H groups in total. The zero-order valence-corrected chi connectivity index (χ0v) is 12.7. The molecule has 0 atom stereocenters. The number of carboxylic acid groups (broad SMARTS) is 1. The van der Waals surface area contributed by atoms with E-state index in [-0.39, 0.29) is 12.5 Å². The van der Waals surface area contributed by atoms with E-state index in [1.165, 1.54) is 0 Å². The van der Waals surface area contributed by atoms with Gasteiger partial charge in [-0.1, -0.05) is 19.9 Å². The summed E-state index contributed by atoms with van der Waals surface area (Å²) < 4.78 is 0. The number of nitrogens with zero attached hydrogens (tertiary/aromatic N) is 1. The summed E-state index contributed by atoms with van der Waals surface area (Å²) in [5.41, 5.74) is 8.03. The predicted molar refractivity (Wildman–Crippen MR) is 84.1 cm³/mol. The molecule has 0 aliphatic rings. The van der Waals surface area contributed by atoms with Gasteiger partial charge in [0.2, 0.25) is 5.91 Å². The second kappa shape index (κ2) is 7.47. The molecule has 0 aromatic heterocycles. The molecular weight excluding hydrogens is 268 g/mol. The molecule has 0 fully saturated rings. The molecule has 114 valence electrons. The van der Waals surface area contributed by atoms with E-state index in [9.17, 15) is 9.59 Å². The number of primary amides is 1. The van der Waals surface area contributed by atoms with Crippen molar-refractivity contribution in [2.75, 3.05) is 18.0 Å². The first-order valence-electron chi connectivity index (χ1n) is 6.84. The van der Waals surface area contributed by atoms with Gasteiger partial charge in [-0.05, 0) is 42.2 Å². The first kappa shape index (κ1) is 16.8. The fraction of sp³-hybridized carbons (Fsp3) is 0.375. The maximum atomic E-state index is 11.2. The second-order valence-electron chi connectivity index (χ2n) is 5.46. The van der Waals surface area contributed by atoms with Gasteiger partial charge in [0.1, 0.15) is 0 Å². The van der Waals surface area contributed by atoms with Crippen LogP contribution in [0.25, 0.3) is 6.08 Å². The highest BCUT2D eigenvalue weighted by Crippen LogP contribution is 2.22. The maximum Gasteiger partial charge on any atom is 0.328 e. The number of rotatable bonds is 7. The standard InChI is InChI=1S/C16H22N2O3/c1-11(2)9-18(10-15(17)19)14-6-4-13(8-12(14)3)5-7-16(20)21/h4-8,11H,9-10H2,1-3H3,(H2,17,19)(H,20,21). The summed E-state index contributed by atoms with van der Waals surface area (Å²) in [7, 11) is 0. The normalized spacial score (nSPS) is 11.0. The van der Waals surface area contributed by atoms with E-state index in [0.717, 1.165) is 29.4 Å². The molecule has 0 radical (unpaired) electrons. The van der Waals surface area contributed by atoms with E-state index in [4.69, 9.17) is 10.8 Å². The van der Waals surface area contributed by atoms with Crippen molar-refractivity contribution in [2.24, 2.45) is 11.7 Å². The van der Waals surface area contributed by atoms with Crippen molar-refractivity contribution in [1.82, 2.24) is 0 Å². The quantitative estimate of drug-likeness (QED) is 0.753. The first-order chi connectivity index (χ1) is 9.79. The van der Waals surface area contributed by atoms with Gasteiger partial charge in [-0.2, -0.15) is 0 Å². The minimum Gasteiger partial charge on any atom is -0.478 e. The monoisotopic (exact) mass is 290 g/mol. The summed E-state index contributed by atoms with van der Waals surface area (Å²) in [6, 6.07) is 5.61. The molecule has 1 rings (SSSR count). The van der Waals surface area contributed by atoms with Crippen LogP contribution < -0.4 is 10.6 Å². The van der Waals surface area contributed by atoms with Gasteiger partial charge >= 0.3 is 5.97 Å². The van der Waals surface area contributed by atoms with Gasteiger partial charge in [-0.3, -0.25) is 4.79 Å². The topological polar surface area (TPSA) is 83.6 Å². The van der Waals surface area contributed by atoms with Crippen LogP contribution in [-0.4, -0.2) is 30.1 Å². The average Bonchev–Trinajstić information content (AvgIpc) is 2.34. The van der Waals surface area contributed by atoms with Crippen molar-refractivity contribution < 1.29 is 14.7 Å². The highest BCUT2D eigenvalue weighted by atomic mass is 16.4. The van der Waals surface area contributed by atoms with E-state index in [0.29, 0.717) is 5.92 Å². The summed E-state index contributed by atoms with van der Waals surface area (Å²) in [6.45, 7) is 6.99. The molecule has 5 nitrogen and oxygen atoms in total. The molecule has 0 saturated heterocycles. The number of nitrogens with two attached hydrogens (primary N) is 1. The summed E-state index contributed by atoms with van der Waals surface area (Å²) in [5.74, 6) is -0.952. The van der Waals surface area contributed by atoms with Crippen molar-refractivity contribution >= 4 is 23.6 Å². The van der Waals surface area contributed by atoms with E-state index < -0.39 is 5.97 Å². The summed E-state index contributed by atoms with van der Waals surface area (Å²) in [6.07, 6.45) is 2.64. The van der Waals surface area contributed by atoms with Gasteiger partial charge in [0.05, 0.1) is 6.54 Å². The van der Waals surface area contributed by atoms with Crippen molar-refractivity contribution in [3.63, 3.8) is 0 Å². The number of benzene rings is 1. The van der Waals surface area contributed by atoms with E-state index in [1.807, 2.05) is 30.0 Å². The van der Waals surface area contributed by atoms with Crippen LogP contribution in [0, 0.1) is 12.8 Å². The van der Waals surface area contributed by atoms with Crippen molar-refractivity contribution in [1.29, 1.82) is 0 Å².